The molecule has 1 unspecified atom stereocenters. The van der Waals surface area contributed by atoms with Gasteiger partial charge >= 0.3 is 0 Å². The average Bonchev–Trinajstić information content (AvgIpc) is 2.86. The van der Waals surface area contributed by atoms with Gasteiger partial charge in [0.25, 0.3) is 0 Å². The standard InChI is InChI=1S/C25H33N5O3/c1-17(20-7-5-6-8-22(20)33-4)25(2,3)15-28-24-12-21(29-16-30-24)18-9-10-26-23(11-18)27-13-19(32)14-31/h5-12,16-17,19,31-32H,13-15H2,1-4H3,(H,26,27)(H,28,29,30)/t17?,19-/m0/s1. The smallest absolute Gasteiger partial charge is 0.129 e. The molecule has 3 rings (SSSR count). The maximum absolute atomic E-state index is 9.53. The number of anilines is 2. The average molecular weight is 452 g/mol. The van der Waals surface area contributed by atoms with E-state index < -0.39 is 6.10 Å². The van der Waals surface area contributed by atoms with Crippen molar-refractivity contribution in [1.82, 2.24) is 15.0 Å². The van der Waals surface area contributed by atoms with Crippen LogP contribution in [0.3, 0.4) is 0 Å². The van der Waals surface area contributed by atoms with Crippen LogP contribution in [0, 0.1) is 5.41 Å². The molecule has 33 heavy (non-hydrogen) atoms. The van der Waals surface area contributed by atoms with Gasteiger partial charge in [-0.1, -0.05) is 39.0 Å². The number of para-hydroxylation sites is 1. The first-order valence-electron chi connectivity index (χ1n) is 11.0. The fraction of sp³-hybridized carbons (Fsp3) is 0.400. The van der Waals surface area contributed by atoms with Gasteiger partial charge in [0.1, 0.15) is 23.7 Å². The normalized spacial score (nSPS) is 13.3. The zero-order valence-electron chi connectivity index (χ0n) is 19.6. The third kappa shape index (κ3) is 6.40. The molecule has 0 amide bonds. The molecule has 0 aliphatic carbocycles. The molecule has 2 heterocycles. The molecule has 176 valence electrons. The number of methoxy groups -OCH3 is 1. The van der Waals surface area contributed by atoms with E-state index in [0.717, 1.165) is 22.8 Å². The summed E-state index contributed by atoms with van der Waals surface area (Å²) in [7, 11) is 1.70. The van der Waals surface area contributed by atoms with Crippen LogP contribution in [-0.4, -0.2) is 58.1 Å². The monoisotopic (exact) mass is 451 g/mol. The third-order valence-corrected chi connectivity index (χ3v) is 5.96. The molecule has 1 aromatic carbocycles. The van der Waals surface area contributed by atoms with Gasteiger partial charge in [-0.05, 0) is 35.1 Å². The van der Waals surface area contributed by atoms with Gasteiger partial charge < -0.3 is 25.6 Å². The van der Waals surface area contributed by atoms with Crippen LogP contribution in [0.25, 0.3) is 11.3 Å². The summed E-state index contributed by atoms with van der Waals surface area (Å²) in [4.78, 5) is 13.0. The first kappa shape index (κ1) is 24.4. The summed E-state index contributed by atoms with van der Waals surface area (Å²) in [5.41, 5.74) is 2.74. The summed E-state index contributed by atoms with van der Waals surface area (Å²) in [5, 5.41) is 25.0. The Morgan fingerprint density at radius 3 is 2.55 bits per heavy atom. The molecule has 8 heteroatoms. The second-order valence-corrected chi connectivity index (χ2v) is 8.74. The summed E-state index contributed by atoms with van der Waals surface area (Å²) in [6.45, 7) is 7.28. The molecule has 2 atom stereocenters. The molecule has 3 aromatic rings. The predicted molar refractivity (Wildman–Crippen MR) is 131 cm³/mol. The van der Waals surface area contributed by atoms with Gasteiger partial charge in [-0.15, -0.1) is 0 Å². The fourth-order valence-electron chi connectivity index (χ4n) is 3.50. The first-order valence-corrected chi connectivity index (χ1v) is 11.0. The number of aliphatic hydroxyl groups is 2. The largest absolute Gasteiger partial charge is 0.496 e. The molecule has 8 nitrogen and oxygen atoms in total. The number of nitrogens with one attached hydrogen (secondary N) is 2. The van der Waals surface area contributed by atoms with Crippen molar-refractivity contribution in [3.8, 4) is 17.0 Å². The van der Waals surface area contributed by atoms with Crippen LogP contribution in [0.2, 0.25) is 0 Å². The molecule has 0 fully saturated rings. The van der Waals surface area contributed by atoms with Gasteiger partial charge in [-0.25, -0.2) is 15.0 Å². The van der Waals surface area contributed by atoms with Gasteiger partial charge in [0.2, 0.25) is 0 Å². The van der Waals surface area contributed by atoms with Crippen molar-refractivity contribution < 1.29 is 14.9 Å². The van der Waals surface area contributed by atoms with E-state index in [1.165, 1.54) is 11.9 Å². The minimum absolute atomic E-state index is 0.0684. The highest BCUT2D eigenvalue weighted by atomic mass is 16.5. The number of hydrogen-bond acceptors (Lipinski definition) is 8. The van der Waals surface area contributed by atoms with E-state index in [9.17, 15) is 5.11 Å². The second-order valence-electron chi connectivity index (χ2n) is 8.74. The highest BCUT2D eigenvalue weighted by Gasteiger charge is 2.29. The van der Waals surface area contributed by atoms with E-state index in [2.05, 4.69) is 52.4 Å². The van der Waals surface area contributed by atoms with E-state index >= 15 is 0 Å². The predicted octanol–water partition coefficient (Wildman–Crippen LogP) is 3.55. The van der Waals surface area contributed by atoms with Crippen LogP contribution in [0.1, 0.15) is 32.3 Å². The van der Waals surface area contributed by atoms with Gasteiger partial charge in [-0.2, -0.15) is 0 Å². The van der Waals surface area contributed by atoms with Crippen LogP contribution < -0.4 is 15.4 Å². The lowest BCUT2D eigenvalue weighted by molar-refractivity contribution is 0.105. The number of ether oxygens (including phenoxy) is 1. The van der Waals surface area contributed by atoms with Crippen molar-refractivity contribution in [1.29, 1.82) is 0 Å². The van der Waals surface area contributed by atoms with Crippen molar-refractivity contribution in [3.05, 3.63) is 60.6 Å². The Morgan fingerprint density at radius 1 is 1.03 bits per heavy atom. The Hall–Kier alpha value is -3.23. The molecule has 0 radical (unpaired) electrons. The lowest BCUT2D eigenvalue weighted by atomic mass is 9.75. The number of pyridine rings is 1. The third-order valence-electron chi connectivity index (χ3n) is 5.96. The van der Waals surface area contributed by atoms with Crippen LogP contribution >= 0.6 is 0 Å². The molecule has 0 bridgehead atoms. The van der Waals surface area contributed by atoms with E-state index in [1.54, 1.807) is 13.3 Å². The van der Waals surface area contributed by atoms with Crippen molar-refractivity contribution in [2.24, 2.45) is 5.41 Å². The van der Waals surface area contributed by atoms with E-state index in [1.807, 2.05) is 36.4 Å². The summed E-state index contributed by atoms with van der Waals surface area (Å²) in [5.74, 6) is 2.49. The minimum atomic E-state index is -0.841. The SMILES string of the molecule is COc1ccccc1C(C)C(C)(C)CNc1cc(-c2ccnc(NC[C@H](O)CO)c2)ncn1. The Morgan fingerprint density at radius 2 is 1.79 bits per heavy atom. The topological polar surface area (TPSA) is 112 Å². The fourth-order valence-corrected chi connectivity index (χ4v) is 3.50. The van der Waals surface area contributed by atoms with Crippen molar-refractivity contribution >= 4 is 11.6 Å². The zero-order chi connectivity index (χ0) is 23.8. The van der Waals surface area contributed by atoms with Crippen LogP contribution in [0.4, 0.5) is 11.6 Å². The molecule has 4 N–H and O–H groups in total. The lowest BCUT2D eigenvalue weighted by Gasteiger charge is -2.33. The maximum Gasteiger partial charge on any atom is 0.129 e. The minimum Gasteiger partial charge on any atom is -0.496 e. The molecule has 0 saturated carbocycles. The molecule has 0 aliphatic rings. The number of aliphatic hydroxyl groups excluding tert-OH is 2. The summed E-state index contributed by atoms with van der Waals surface area (Å²) in [6.07, 6.45) is 2.38. The molecule has 2 aromatic heterocycles. The molecule has 0 saturated heterocycles. The van der Waals surface area contributed by atoms with Crippen LogP contribution in [0.5, 0.6) is 5.75 Å². The van der Waals surface area contributed by atoms with E-state index in [-0.39, 0.29) is 24.5 Å². The van der Waals surface area contributed by atoms with Crippen molar-refractivity contribution in [3.63, 3.8) is 0 Å². The van der Waals surface area contributed by atoms with E-state index in [0.29, 0.717) is 12.4 Å². The van der Waals surface area contributed by atoms with E-state index in [4.69, 9.17) is 9.84 Å². The van der Waals surface area contributed by atoms with Crippen LogP contribution in [-0.2, 0) is 0 Å². The number of rotatable bonds is 11. The maximum atomic E-state index is 9.53. The Kier molecular flexibility index (Phi) is 8.19. The number of nitrogens with zero attached hydrogens (tertiary/aromatic N) is 3. The van der Waals surface area contributed by atoms with Crippen molar-refractivity contribution in [2.45, 2.75) is 32.8 Å². The van der Waals surface area contributed by atoms with Gasteiger partial charge in [-0.3, -0.25) is 0 Å². The number of aromatic nitrogens is 3. The summed E-state index contributed by atoms with van der Waals surface area (Å²) >= 11 is 0. The molecular formula is C25H33N5O3. The molecule has 0 spiro atoms. The first-order chi connectivity index (χ1) is 15.8. The molecule has 0 aliphatic heterocycles. The van der Waals surface area contributed by atoms with Gasteiger partial charge in [0.15, 0.2) is 0 Å². The zero-order valence-corrected chi connectivity index (χ0v) is 19.6. The number of benzene rings is 1. The Balaban J connectivity index is 1.70. The van der Waals surface area contributed by atoms with Crippen molar-refractivity contribution in [2.75, 3.05) is 37.4 Å². The second kappa shape index (κ2) is 11.1. The summed E-state index contributed by atoms with van der Waals surface area (Å²) in [6, 6.07) is 13.8. The van der Waals surface area contributed by atoms with Gasteiger partial charge in [0, 0.05) is 30.9 Å². The Bertz CT molecular complexity index is 1040. The Labute approximate surface area is 195 Å². The lowest BCUT2D eigenvalue weighted by Crippen LogP contribution is -2.29. The highest BCUT2D eigenvalue weighted by Crippen LogP contribution is 2.39. The molecular weight excluding hydrogens is 418 g/mol. The van der Waals surface area contributed by atoms with Gasteiger partial charge in [0.05, 0.1) is 25.5 Å². The van der Waals surface area contributed by atoms with Crippen LogP contribution in [0.15, 0.2) is 55.0 Å². The summed E-state index contributed by atoms with van der Waals surface area (Å²) < 4.78 is 5.56. The quantitative estimate of drug-likeness (QED) is 0.350. The number of hydrogen-bond donors (Lipinski definition) is 4. The highest BCUT2D eigenvalue weighted by molar-refractivity contribution is 5.65.